The summed E-state index contributed by atoms with van der Waals surface area (Å²) in [5.41, 5.74) is 2.11. The summed E-state index contributed by atoms with van der Waals surface area (Å²) in [5, 5.41) is 9.37. The molecule has 7 nitrogen and oxygen atoms in total. The summed E-state index contributed by atoms with van der Waals surface area (Å²) in [4.78, 5) is 17.1. The lowest BCUT2D eigenvalue weighted by molar-refractivity contribution is -0.130. The van der Waals surface area contributed by atoms with Crippen LogP contribution >= 0.6 is 11.8 Å². The highest BCUT2D eigenvalue weighted by molar-refractivity contribution is 7.99. The highest BCUT2D eigenvalue weighted by Crippen LogP contribution is 2.27. The number of rotatable bonds is 9. The van der Waals surface area contributed by atoms with Crippen molar-refractivity contribution in [1.29, 1.82) is 0 Å². The zero-order valence-corrected chi connectivity index (χ0v) is 19.7. The van der Waals surface area contributed by atoms with Crippen LogP contribution in [0.15, 0.2) is 71.0 Å². The van der Waals surface area contributed by atoms with E-state index in [0.29, 0.717) is 17.5 Å². The second-order valence-corrected chi connectivity index (χ2v) is 8.82. The molecule has 1 aliphatic heterocycles. The Morgan fingerprint density at radius 2 is 1.91 bits per heavy atom. The quantitative estimate of drug-likeness (QED) is 0.353. The molecular formula is C25H29N5O2S. The number of aryl methyl sites for hydroxylation is 1. The lowest BCUT2D eigenvalue weighted by Gasteiger charge is -2.34. The van der Waals surface area contributed by atoms with E-state index in [1.165, 1.54) is 17.3 Å². The number of nitrogens with zero attached hydrogens (tertiary/aromatic N) is 5. The first kappa shape index (κ1) is 23.1. The molecule has 1 saturated heterocycles. The Labute approximate surface area is 198 Å². The molecule has 1 aliphatic rings. The van der Waals surface area contributed by atoms with Gasteiger partial charge in [-0.1, -0.05) is 60.3 Å². The van der Waals surface area contributed by atoms with Crippen molar-refractivity contribution in [1.82, 2.24) is 24.6 Å². The SMILES string of the molecule is C=CCn1c(SCC(=O)N2CCN(CC=Cc3ccccc3)CC2)nnc1-c1ccoc1C. The van der Waals surface area contributed by atoms with Gasteiger partial charge in [0.05, 0.1) is 17.6 Å². The molecule has 0 aliphatic carbocycles. The minimum absolute atomic E-state index is 0.133. The summed E-state index contributed by atoms with van der Waals surface area (Å²) >= 11 is 1.42. The second kappa shape index (κ2) is 11.2. The number of amides is 1. The Morgan fingerprint density at radius 3 is 2.61 bits per heavy atom. The Hall–Kier alpha value is -3.10. The molecule has 1 amide bonds. The van der Waals surface area contributed by atoms with Gasteiger partial charge in [0, 0.05) is 39.3 Å². The monoisotopic (exact) mass is 463 g/mol. The molecule has 8 heteroatoms. The fourth-order valence-corrected chi connectivity index (χ4v) is 4.66. The lowest BCUT2D eigenvalue weighted by Crippen LogP contribution is -2.49. The number of benzene rings is 1. The van der Waals surface area contributed by atoms with E-state index >= 15 is 0 Å². The Morgan fingerprint density at radius 1 is 1.12 bits per heavy atom. The van der Waals surface area contributed by atoms with Crippen LogP contribution in [0.5, 0.6) is 0 Å². The number of piperazine rings is 1. The van der Waals surface area contributed by atoms with Crippen molar-refractivity contribution in [3.05, 3.63) is 72.7 Å². The minimum atomic E-state index is 0.133. The number of hydrogen-bond donors (Lipinski definition) is 0. The number of hydrogen-bond acceptors (Lipinski definition) is 6. The van der Waals surface area contributed by atoms with E-state index < -0.39 is 0 Å². The largest absolute Gasteiger partial charge is 0.469 e. The van der Waals surface area contributed by atoms with Crippen molar-refractivity contribution in [2.45, 2.75) is 18.6 Å². The van der Waals surface area contributed by atoms with Gasteiger partial charge < -0.3 is 9.32 Å². The van der Waals surface area contributed by atoms with Crippen molar-refractivity contribution in [2.75, 3.05) is 38.5 Å². The molecule has 1 fully saturated rings. The maximum absolute atomic E-state index is 12.8. The van der Waals surface area contributed by atoms with E-state index in [0.717, 1.165) is 49.9 Å². The highest BCUT2D eigenvalue weighted by atomic mass is 32.2. The average molecular weight is 464 g/mol. The summed E-state index contributed by atoms with van der Waals surface area (Å²) in [5.74, 6) is 1.99. The number of aromatic nitrogens is 3. The van der Waals surface area contributed by atoms with Gasteiger partial charge in [-0.15, -0.1) is 16.8 Å². The van der Waals surface area contributed by atoms with Crippen LogP contribution in [0.3, 0.4) is 0 Å². The molecule has 3 heterocycles. The molecule has 1 aromatic carbocycles. The normalized spacial score (nSPS) is 14.8. The summed E-state index contributed by atoms with van der Waals surface area (Å²) < 4.78 is 7.38. The van der Waals surface area contributed by atoms with Gasteiger partial charge in [0.1, 0.15) is 5.76 Å². The maximum atomic E-state index is 12.8. The molecule has 0 bridgehead atoms. The van der Waals surface area contributed by atoms with Crippen molar-refractivity contribution < 1.29 is 9.21 Å². The first-order chi connectivity index (χ1) is 16.2. The van der Waals surface area contributed by atoms with Crippen LogP contribution in [0.25, 0.3) is 17.5 Å². The van der Waals surface area contributed by atoms with Crippen LogP contribution < -0.4 is 0 Å². The van der Waals surface area contributed by atoms with Gasteiger partial charge >= 0.3 is 0 Å². The maximum Gasteiger partial charge on any atom is 0.233 e. The van der Waals surface area contributed by atoms with E-state index in [4.69, 9.17) is 4.42 Å². The zero-order valence-electron chi connectivity index (χ0n) is 18.9. The van der Waals surface area contributed by atoms with E-state index in [1.54, 1.807) is 12.3 Å². The summed E-state index contributed by atoms with van der Waals surface area (Å²) in [6.45, 7) is 10.5. The van der Waals surface area contributed by atoms with Crippen LogP contribution in [-0.2, 0) is 11.3 Å². The fraction of sp³-hybridized carbons (Fsp3) is 0.320. The van der Waals surface area contributed by atoms with Crippen LogP contribution in [-0.4, -0.2) is 68.9 Å². The van der Waals surface area contributed by atoms with Gasteiger partial charge in [0.2, 0.25) is 5.91 Å². The highest BCUT2D eigenvalue weighted by Gasteiger charge is 2.22. The van der Waals surface area contributed by atoms with Gasteiger partial charge in [-0.2, -0.15) is 0 Å². The van der Waals surface area contributed by atoms with Crippen molar-refractivity contribution >= 4 is 23.7 Å². The predicted molar refractivity (Wildman–Crippen MR) is 132 cm³/mol. The van der Waals surface area contributed by atoms with Crippen molar-refractivity contribution in [2.24, 2.45) is 0 Å². The molecule has 0 unspecified atom stereocenters. The lowest BCUT2D eigenvalue weighted by atomic mass is 10.2. The molecule has 0 atom stereocenters. The standard InChI is InChI=1S/C25H29N5O2S/c1-3-12-30-24(22-11-18-32-20(22)2)26-27-25(30)33-19-23(31)29-16-14-28(15-17-29)13-7-10-21-8-5-4-6-9-21/h3-11,18H,1,12-17,19H2,2H3. The van der Waals surface area contributed by atoms with Gasteiger partial charge in [0.15, 0.2) is 11.0 Å². The van der Waals surface area contributed by atoms with Crippen molar-refractivity contribution in [3.8, 4) is 11.4 Å². The Balaban J connectivity index is 1.28. The van der Waals surface area contributed by atoms with E-state index in [-0.39, 0.29) is 5.91 Å². The molecular weight excluding hydrogens is 434 g/mol. The topological polar surface area (TPSA) is 67.4 Å². The fourth-order valence-electron chi connectivity index (χ4n) is 3.80. The molecule has 3 aromatic rings. The zero-order chi connectivity index (χ0) is 23.0. The molecule has 2 aromatic heterocycles. The Kier molecular flexibility index (Phi) is 7.80. The summed E-state index contributed by atoms with van der Waals surface area (Å²) in [6, 6.07) is 12.2. The molecule has 0 spiro atoms. The third-order valence-electron chi connectivity index (χ3n) is 5.65. The summed E-state index contributed by atoms with van der Waals surface area (Å²) in [7, 11) is 0. The second-order valence-electron chi connectivity index (χ2n) is 7.88. The predicted octanol–water partition coefficient (Wildman–Crippen LogP) is 3.98. The van der Waals surface area contributed by atoms with Crippen LogP contribution in [0, 0.1) is 6.92 Å². The number of furan rings is 1. The van der Waals surface area contributed by atoms with E-state index in [9.17, 15) is 4.79 Å². The first-order valence-corrected chi connectivity index (χ1v) is 12.1. The minimum Gasteiger partial charge on any atom is -0.469 e. The molecule has 172 valence electrons. The first-order valence-electron chi connectivity index (χ1n) is 11.1. The van der Waals surface area contributed by atoms with E-state index in [2.05, 4.69) is 46.0 Å². The van der Waals surface area contributed by atoms with Crippen LogP contribution in [0.1, 0.15) is 11.3 Å². The van der Waals surface area contributed by atoms with Crippen molar-refractivity contribution in [3.63, 3.8) is 0 Å². The van der Waals surface area contributed by atoms with Gasteiger partial charge in [-0.25, -0.2) is 0 Å². The van der Waals surface area contributed by atoms with Gasteiger partial charge in [-0.05, 0) is 18.6 Å². The molecule has 0 N–H and O–H groups in total. The number of carbonyl (C=O) groups is 1. The third kappa shape index (κ3) is 5.83. The average Bonchev–Trinajstić information content (AvgIpc) is 3.44. The number of carbonyl (C=O) groups excluding carboxylic acids is 1. The number of thioether (sulfide) groups is 1. The van der Waals surface area contributed by atoms with Crippen LogP contribution in [0.4, 0.5) is 0 Å². The Bertz CT molecular complexity index is 1100. The van der Waals surface area contributed by atoms with Crippen LogP contribution in [0.2, 0.25) is 0 Å². The third-order valence-corrected chi connectivity index (χ3v) is 6.60. The van der Waals surface area contributed by atoms with Gasteiger partial charge in [0.25, 0.3) is 0 Å². The van der Waals surface area contributed by atoms with E-state index in [1.807, 2.05) is 40.7 Å². The molecule has 0 radical (unpaired) electrons. The molecule has 4 rings (SSSR count). The molecule has 0 saturated carbocycles. The summed E-state index contributed by atoms with van der Waals surface area (Å²) in [6.07, 6.45) is 7.78. The van der Waals surface area contributed by atoms with Gasteiger partial charge in [-0.3, -0.25) is 14.3 Å². The number of allylic oxidation sites excluding steroid dienone is 1. The molecule has 33 heavy (non-hydrogen) atoms. The smallest absolute Gasteiger partial charge is 0.233 e.